The maximum absolute atomic E-state index is 14.7. The van der Waals surface area contributed by atoms with Gasteiger partial charge < -0.3 is 0 Å². The number of anilines is 2. The van der Waals surface area contributed by atoms with Crippen molar-refractivity contribution in [3.8, 4) is 11.5 Å². The number of hydrogen-bond donors (Lipinski definition) is 2. The molecule has 80 heavy (non-hydrogen) atoms. The Morgan fingerprint density at radius 3 is 1.01 bits per heavy atom. The van der Waals surface area contributed by atoms with Crippen LogP contribution >= 0.6 is 56.5 Å². The number of aliphatic imine (C=N–C) groups is 2. The molecule has 5 heterocycles. The molecule has 0 saturated carbocycles. The van der Waals surface area contributed by atoms with Crippen LogP contribution in [0.25, 0.3) is 21.8 Å². The molecule has 1 saturated heterocycles. The van der Waals surface area contributed by atoms with Gasteiger partial charge in [0.05, 0.1) is 0 Å². The quantitative estimate of drug-likeness (QED) is 0.0778. The van der Waals surface area contributed by atoms with Crippen molar-refractivity contribution in [2.24, 2.45) is 9.98 Å². The summed E-state index contributed by atoms with van der Waals surface area (Å²) in [6, 6.07) is 24.7. The summed E-state index contributed by atoms with van der Waals surface area (Å²) in [5, 5.41) is 24.0. The molecule has 0 bridgehead atoms. The number of para-hydroxylation sites is 2. The Balaban J connectivity index is 0.00000231. The second-order valence-electron chi connectivity index (χ2n) is 17.0. The predicted molar refractivity (Wildman–Crippen MR) is 279 cm³/mol. The van der Waals surface area contributed by atoms with Crippen LogP contribution in [0, 0.1) is 0 Å². The van der Waals surface area contributed by atoms with Gasteiger partial charge in [-0.3, -0.25) is 0 Å². The van der Waals surface area contributed by atoms with Crippen LogP contribution < -0.4 is 127 Å². The average Bonchev–Trinajstić information content (AvgIpc) is 4.04. The molecule has 0 radical (unpaired) electrons. The van der Waals surface area contributed by atoms with Gasteiger partial charge in [-0.05, 0) is 0 Å². The van der Waals surface area contributed by atoms with Gasteiger partial charge in [-0.1, -0.05) is 0 Å². The van der Waals surface area contributed by atoms with Gasteiger partial charge in [-0.25, -0.2) is 0 Å². The Kier molecular flexibility index (Phi) is 17.5. The van der Waals surface area contributed by atoms with E-state index < -0.39 is 139 Å². The van der Waals surface area contributed by atoms with Gasteiger partial charge in [0.15, 0.2) is 0 Å². The Morgan fingerprint density at radius 2 is 0.713 bits per heavy atom. The van der Waals surface area contributed by atoms with Crippen LogP contribution in [0.15, 0.2) is 163 Å². The first-order valence-electron chi connectivity index (χ1n) is 21.1. The molecule has 11 rings (SSSR count). The molecule has 0 amide bonds. The van der Waals surface area contributed by atoms with E-state index in [0.717, 1.165) is 90.4 Å². The number of carbonyl (C=O) groups is 2. The summed E-state index contributed by atoms with van der Waals surface area (Å²) in [5.74, 6) is -16.9. The van der Waals surface area contributed by atoms with E-state index in [2.05, 4.69) is 9.98 Å². The first kappa shape index (κ1) is 65.5. The zero-order valence-corrected chi connectivity index (χ0v) is 57.1. The van der Waals surface area contributed by atoms with Crippen molar-refractivity contribution in [2.45, 2.75) is 19.6 Å². The molecule has 0 aliphatic carbocycles. The second kappa shape index (κ2) is 21.4. The van der Waals surface area contributed by atoms with E-state index in [9.17, 15) is 71.7 Å². The number of aromatic hydroxyl groups is 2. The minimum atomic E-state index is -6.27. The molecule has 8 aromatic rings. The Hall–Kier alpha value is -2.06. The third kappa shape index (κ3) is 9.68. The van der Waals surface area contributed by atoms with Crippen molar-refractivity contribution in [2.75, 3.05) is 8.88 Å². The predicted octanol–water partition coefficient (Wildman–Crippen LogP) is -3.09. The molecule has 6 aromatic carbocycles. The van der Waals surface area contributed by atoms with Gasteiger partial charge >= 0.3 is 569 Å². The average molecular weight is 1320 g/mol. The molecule has 2 N–H and O–H groups in total. The minimum Gasteiger partial charge on any atom is 1.00 e. The van der Waals surface area contributed by atoms with Crippen LogP contribution in [0.1, 0.15) is 32.1 Å². The molecule has 3 aliphatic rings. The van der Waals surface area contributed by atoms with Crippen LogP contribution in [0.4, 0.5) is 22.7 Å². The second-order valence-corrected chi connectivity index (χ2v) is 37.2. The first-order chi connectivity index (χ1) is 35.3. The van der Waals surface area contributed by atoms with Crippen LogP contribution in [-0.4, -0.2) is 93.8 Å². The van der Waals surface area contributed by atoms with Gasteiger partial charge in [0, 0.05) is 0 Å². The Bertz CT molecular complexity index is 4320. The molecular weight excluding hydrogens is 1290 g/mol. The smallest absolute Gasteiger partial charge is 1.00 e. The SMILES string of the molecule is O=C1C(c2c(O)c3cc(S(=O)(=O)[O-])ccc3n2P2(Cl)(Cl)N(c3ccccc3)P(Cl)(Cl)(n3c(C4=Nc5ccc(S(=O)(=O)[O-])cc5C4=O)c(O)c4cc(S(=O)(=O)[O-])ccc43)N2c2ccccc2)=Nc2ccc(S(=O)(=O)[O-])cc21.[Na+].[Na+].[Na+].[Na+]. The van der Waals surface area contributed by atoms with Crippen molar-refractivity contribution in [1.29, 1.82) is 0 Å². The van der Waals surface area contributed by atoms with Gasteiger partial charge in [0.1, 0.15) is 0 Å². The van der Waals surface area contributed by atoms with E-state index >= 15 is 0 Å². The number of fused-ring (bicyclic) bond motifs is 4. The summed E-state index contributed by atoms with van der Waals surface area (Å²) in [6.45, 7) is 0. The van der Waals surface area contributed by atoms with E-state index in [1.807, 2.05) is 0 Å². The standard InChI is InChI=1S/C44H28Cl4N6O16P2S4.4Na/c45-71(46,51-35-17-13-27(75(65,66)67)21-31(35)43(57)39(51)37-41(55)29-19-25(73(59,60)61)11-15-33(29)49-37)53(23-7-3-1-4-8-23)72(47,48,54(71)24-9-5-2-6-10-24)52-36-18-14-28(76(68,69)70)22-32(36)44(58)40(52)38-42(56)30-20-26(74(62,63)64)12-16-34(30)50-38;;;;/h1-22,57-58H,(H,59,60,61)(H,62,63,64)(H,65,66,67)(H,68,69,70);;;;/q;4*+1/p-4. The van der Waals surface area contributed by atoms with E-state index in [4.69, 9.17) is 45.0 Å². The van der Waals surface area contributed by atoms with E-state index in [0.29, 0.717) is 0 Å². The molecule has 0 spiro atoms. The number of hydrogen-bond acceptors (Lipinski definition) is 20. The minimum absolute atomic E-state index is 0. The largest absolute Gasteiger partial charge is 1.00 e. The maximum Gasteiger partial charge on any atom is 1.00 e. The summed E-state index contributed by atoms with van der Waals surface area (Å²) in [7, 11) is -21.1. The van der Waals surface area contributed by atoms with Gasteiger partial charge in [0.25, 0.3) is 0 Å². The number of nitrogens with zero attached hydrogens (tertiary/aromatic N) is 6. The van der Waals surface area contributed by atoms with E-state index in [1.165, 1.54) is 60.7 Å². The van der Waals surface area contributed by atoms with E-state index in [1.54, 1.807) is 0 Å². The first-order valence-corrected chi connectivity index (χ1v) is 34.5. The Morgan fingerprint density at radius 1 is 0.425 bits per heavy atom. The molecule has 1 fully saturated rings. The molecule has 36 heteroatoms. The topological polar surface area (TPSA) is 344 Å². The number of aromatic nitrogens is 2. The van der Waals surface area contributed by atoms with Crippen molar-refractivity contribution in [1.82, 2.24) is 8.68 Å². The fourth-order valence-electron chi connectivity index (χ4n) is 9.56. The molecule has 0 atom stereocenters. The molecule has 2 aromatic heterocycles. The normalized spacial score (nSPS) is 17.8. The third-order valence-electron chi connectivity index (χ3n) is 12.6. The van der Waals surface area contributed by atoms with Crippen LogP contribution in [0.2, 0.25) is 0 Å². The summed E-state index contributed by atoms with van der Waals surface area (Å²) in [5.41, 5.74) is -5.51. The van der Waals surface area contributed by atoms with Gasteiger partial charge in [-0.15, -0.1) is 0 Å². The summed E-state index contributed by atoms with van der Waals surface area (Å²) in [4.78, 5) is 34.8. The molecule has 3 aliphatic heterocycles. The molecule has 0 unspecified atom stereocenters. The van der Waals surface area contributed by atoms with Gasteiger partial charge in [0.2, 0.25) is 0 Å². The zero-order valence-electron chi connectivity index (χ0n) is 41.0. The van der Waals surface area contributed by atoms with Crippen molar-refractivity contribution < 1.29 is 190 Å². The zero-order chi connectivity index (χ0) is 54.9. The number of Topliss-reactive ketones (excluding diaryl/α,β-unsaturated/α-hetero) is 2. The molecule has 392 valence electrons. The number of carbonyl (C=O) groups excluding carboxylic acids is 2. The van der Waals surface area contributed by atoms with Crippen LogP contribution in [0.5, 0.6) is 11.5 Å². The number of halogens is 4. The fourth-order valence-corrected chi connectivity index (χ4v) is 37.7. The molecular formula is C44H24Cl4N6Na4O16P2S4. The number of ketones is 2. The van der Waals surface area contributed by atoms with E-state index in [-0.39, 0.29) is 152 Å². The summed E-state index contributed by atoms with van der Waals surface area (Å²) < 4.78 is 152. The number of benzene rings is 6. The van der Waals surface area contributed by atoms with Crippen molar-refractivity contribution in [3.63, 3.8) is 0 Å². The summed E-state index contributed by atoms with van der Waals surface area (Å²) >= 11 is 33.6. The fraction of sp³-hybridized carbons (Fsp3) is 0. The Labute approximate surface area is 561 Å². The van der Waals surface area contributed by atoms with Gasteiger partial charge in [-0.2, -0.15) is 0 Å². The van der Waals surface area contributed by atoms with Crippen LogP contribution in [-0.2, 0) is 40.5 Å². The molecule has 22 nitrogen and oxygen atoms in total. The van der Waals surface area contributed by atoms with Crippen LogP contribution in [0.3, 0.4) is 0 Å². The van der Waals surface area contributed by atoms with Crippen molar-refractivity contribution in [3.05, 3.63) is 156 Å². The third-order valence-corrected chi connectivity index (χ3v) is 33.5. The monoisotopic (exact) mass is 1310 g/mol. The maximum atomic E-state index is 14.7. The number of rotatable bonds is 10. The summed E-state index contributed by atoms with van der Waals surface area (Å²) in [6.07, 6.45) is 0. The van der Waals surface area contributed by atoms with Crippen molar-refractivity contribution >= 4 is 165 Å².